The largest absolute Gasteiger partial charge is 0.370 e. The van der Waals surface area contributed by atoms with Crippen molar-refractivity contribution in [2.24, 2.45) is 11.5 Å². The zero-order valence-electron chi connectivity index (χ0n) is 7.11. The van der Waals surface area contributed by atoms with Gasteiger partial charge in [0.15, 0.2) is 0 Å². The first kappa shape index (κ1) is 13.8. The second-order valence-corrected chi connectivity index (χ2v) is 2.51. The van der Waals surface area contributed by atoms with E-state index in [0.717, 1.165) is 0 Å². The molecule has 0 saturated heterocycles. The van der Waals surface area contributed by atoms with Gasteiger partial charge >= 0.3 is 0 Å². The second-order valence-electron chi connectivity index (χ2n) is 2.51. The topological polar surface area (TPSA) is 89.4 Å². The minimum Gasteiger partial charge on any atom is -0.370 e. The molecule has 12 heavy (non-hydrogen) atoms. The van der Waals surface area contributed by atoms with E-state index in [0.29, 0.717) is 0 Å². The van der Waals surface area contributed by atoms with Crippen molar-refractivity contribution in [3.63, 3.8) is 0 Å². The Hall–Kier alpha value is -0.810. The molecule has 0 radical (unpaired) electrons. The number of carbonyl (C=O) groups excluding carboxylic acids is 2. The molecular formula is C6H14ClN3O2. The normalized spacial score (nSPS) is 11.2. The van der Waals surface area contributed by atoms with Crippen LogP contribution in [0.1, 0.15) is 6.42 Å². The molecule has 0 aliphatic rings. The fourth-order valence-electron chi connectivity index (χ4n) is 0.636. The minimum atomic E-state index is -0.803. The summed E-state index contributed by atoms with van der Waals surface area (Å²) in [6.45, 7) is 0. The van der Waals surface area contributed by atoms with Gasteiger partial charge in [-0.25, -0.2) is 0 Å². The van der Waals surface area contributed by atoms with Crippen molar-refractivity contribution < 1.29 is 9.59 Å². The van der Waals surface area contributed by atoms with E-state index < -0.39 is 11.9 Å². The molecule has 6 heteroatoms. The molecule has 0 aliphatic carbocycles. The summed E-state index contributed by atoms with van der Waals surface area (Å²) in [5.41, 5.74) is 10.2. The molecule has 0 rings (SSSR count). The number of hydrogen-bond donors (Lipinski definition) is 2. The van der Waals surface area contributed by atoms with Crippen molar-refractivity contribution in [2.45, 2.75) is 12.5 Å². The maximum Gasteiger partial charge on any atom is 0.239 e. The van der Waals surface area contributed by atoms with E-state index in [-0.39, 0.29) is 24.7 Å². The highest BCUT2D eigenvalue weighted by molar-refractivity contribution is 5.87. The number of hydrogen-bond acceptors (Lipinski definition) is 3. The molecule has 72 valence electrons. The Labute approximate surface area is 77.5 Å². The third kappa shape index (κ3) is 4.92. The summed E-state index contributed by atoms with van der Waals surface area (Å²) in [5, 5.41) is 0. The highest BCUT2D eigenvalue weighted by atomic mass is 35.5. The van der Waals surface area contributed by atoms with Crippen molar-refractivity contribution in [2.75, 3.05) is 14.1 Å². The van der Waals surface area contributed by atoms with Gasteiger partial charge in [0.2, 0.25) is 11.8 Å². The average Bonchev–Trinajstić information content (AvgIpc) is 1.84. The number of nitrogens with zero attached hydrogens (tertiary/aromatic N) is 1. The van der Waals surface area contributed by atoms with Crippen LogP contribution < -0.4 is 11.5 Å². The van der Waals surface area contributed by atoms with Gasteiger partial charge in [-0.3, -0.25) is 9.59 Å². The van der Waals surface area contributed by atoms with Crippen LogP contribution in [0.15, 0.2) is 0 Å². The monoisotopic (exact) mass is 195 g/mol. The first-order valence-electron chi connectivity index (χ1n) is 3.20. The van der Waals surface area contributed by atoms with Crippen molar-refractivity contribution in [1.82, 2.24) is 4.90 Å². The summed E-state index contributed by atoms with van der Waals surface area (Å²) < 4.78 is 0. The number of carbonyl (C=O) groups is 2. The molecule has 5 nitrogen and oxygen atoms in total. The molecule has 0 bridgehead atoms. The van der Waals surface area contributed by atoms with Crippen molar-refractivity contribution in [3.8, 4) is 0 Å². The Kier molecular flexibility index (Phi) is 6.64. The van der Waals surface area contributed by atoms with E-state index in [1.54, 1.807) is 14.1 Å². The molecular weight excluding hydrogens is 182 g/mol. The van der Waals surface area contributed by atoms with Gasteiger partial charge in [-0.05, 0) is 0 Å². The van der Waals surface area contributed by atoms with Gasteiger partial charge in [-0.1, -0.05) is 0 Å². The molecule has 1 atom stereocenters. The Bertz CT molecular complexity index is 172. The van der Waals surface area contributed by atoms with E-state index in [1.165, 1.54) is 4.90 Å². The molecule has 1 unspecified atom stereocenters. The highest BCUT2D eigenvalue weighted by Crippen LogP contribution is 1.90. The van der Waals surface area contributed by atoms with E-state index >= 15 is 0 Å². The van der Waals surface area contributed by atoms with Crippen molar-refractivity contribution >= 4 is 24.2 Å². The van der Waals surface area contributed by atoms with Gasteiger partial charge in [-0.15, -0.1) is 12.4 Å². The molecule has 0 aliphatic heterocycles. The van der Waals surface area contributed by atoms with Crippen LogP contribution >= 0.6 is 12.4 Å². The number of halogens is 1. The lowest BCUT2D eigenvalue weighted by Crippen LogP contribution is -2.42. The zero-order chi connectivity index (χ0) is 9.02. The first-order valence-corrected chi connectivity index (χ1v) is 3.20. The lowest BCUT2D eigenvalue weighted by molar-refractivity contribution is -0.132. The Morgan fingerprint density at radius 1 is 1.42 bits per heavy atom. The van der Waals surface area contributed by atoms with Gasteiger partial charge in [-0.2, -0.15) is 0 Å². The number of rotatable bonds is 3. The van der Waals surface area contributed by atoms with Gasteiger partial charge in [0.25, 0.3) is 0 Å². The molecule has 0 aromatic rings. The summed E-state index contributed by atoms with van der Waals surface area (Å²) in [4.78, 5) is 22.6. The van der Waals surface area contributed by atoms with Crippen LogP contribution in [0.5, 0.6) is 0 Å². The maximum atomic E-state index is 11.0. The van der Waals surface area contributed by atoms with E-state index in [1.807, 2.05) is 0 Å². The minimum absolute atomic E-state index is 0. The molecule has 0 aromatic carbocycles. The highest BCUT2D eigenvalue weighted by Gasteiger charge is 2.16. The molecule has 4 N–H and O–H groups in total. The Morgan fingerprint density at radius 3 is 2.08 bits per heavy atom. The third-order valence-corrected chi connectivity index (χ3v) is 1.18. The summed E-state index contributed by atoms with van der Waals surface area (Å²) in [5.74, 6) is -0.850. The average molecular weight is 196 g/mol. The summed E-state index contributed by atoms with van der Waals surface area (Å²) >= 11 is 0. The quantitative estimate of drug-likeness (QED) is 0.587. The van der Waals surface area contributed by atoms with Crippen LogP contribution in [0.4, 0.5) is 0 Å². The molecule has 0 fully saturated rings. The van der Waals surface area contributed by atoms with Crippen LogP contribution in [0, 0.1) is 0 Å². The number of nitrogens with two attached hydrogens (primary N) is 2. The van der Waals surface area contributed by atoms with Crippen molar-refractivity contribution in [1.29, 1.82) is 0 Å². The molecule has 2 amide bonds. The molecule has 0 spiro atoms. The van der Waals surface area contributed by atoms with E-state index in [9.17, 15) is 9.59 Å². The second kappa shape index (κ2) is 5.79. The fourth-order valence-corrected chi connectivity index (χ4v) is 0.636. The van der Waals surface area contributed by atoms with E-state index in [4.69, 9.17) is 11.5 Å². The number of likely N-dealkylation sites (N-methyl/N-ethyl adjacent to an activating group) is 1. The van der Waals surface area contributed by atoms with Crippen LogP contribution in [-0.2, 0) is 9.59 Å². The lowest BCUT2D eigenvalue weighted by Gasteiger charge is -2.14. The fraction of sp³-hybridized carbons (Fsp3) is 0.667. The Morgan fingerprint density at radius 2 is 1.83 bits per heavy atom. The number of primary amides is 1. The third-order valence-electron chi connectivity index (χ3n) is 1.18. The van der Waals surface area contributed by atoms with Gasteiger partial charge in [0.1, 0.15) is 0 Å². The van der Waals surface area contributed by atoms with Gasteiger partial charge in [0, 0.05) is 14.1 Å². The molecule has 0 aromatic heterocycles. The van der Waals surface area contributed by atoms with Gasteiger partial charge < -0.3 is 16.4 Å². The van der Waals surface area contributed by atoms with Crippen LogP contribution in [0.25, 0.3) is 0 Å². The van der Waals surface area contributed by atoms with Crippen LogP contribution in [0.2, 0.25) is 0 Å². The predicted molar refractivity (Wildman–Crippen MR) is 47.7 cm³/mol. The van der Waals surface area contributed by atoms with Gasteiger partial charge in [0.05, 0.1) is 12.5 Å². The SMILES string of the molecule is CN(C)C(=O)C(N)CC(N)=O.Cl. The predicted octanol–water partition coefficient (Wildman–Crippen LogP) is -1.30. The zero-order valence-corrected chi connectivity index (χ0v) is 7.93. The standard InChI is InChI=1S/C6H13N3O2.ClH/c1-9(2)6(11)4(7)3-5(8)10;/h4H,3,7H2,1-2H3,(H2,8,10);1H. The lowest BCUT2D eigenvalue weighted by atomic mass is 10.2. The maximum absolute atomic E-state index is 11.0. The van der Waals surface area contributed by atoms with Crippen LogP contribution in [-0.4, -0.2) is 36.9 Å². The molecule has 0 heterocycles. The smallest absolute Gasteiger partial charge is 0.239 e. The molecule has 0 saturated carbocycles. The first-order chi connectivity index (χ1) is 4.95. The summed E-state index contributed by atoms with van der Waals surface area (Å²) in [6.07, 6.45) is -0.100. The van der Waals surface area contributed by atoms with Crippen LogP contribution in [0.3, 0.4) is 0 Å². The van der Waals surface area contributed by atoms with E-state index in [2.05, 4.69) is 0 Å². The summed E-state index contributed by atoms with van der Waals surface area (Å²) in [6, 6.07) is -0.803. The Balaban J connectivity index is 0. The number of amides is 2. The summed E-state index contributed by atoms with van der Waals surface area (Å²) in [7, 11) is 3.15. The van der Waals surface area contributed by atoms with Crippen molar-refractivity contribution in [3.05, 3.63) is 0 Å².